The standard InChI is InChI=1S/C18H16N3/c1-12-7-8-20-11-17(12)18-16-6-5-15(19-3)10-14(16)9-13(2)21(18)4/h5-11H,1-2,4H3/q+1/i9D. The molecule has 3 nitrogen and oxygen atoms in total. The highest BCUT2D eigenvalue weighted by atomic mass is 14.9. The van der Waals surface area contributed by atoms with Gasteiger partial charge in [-0.1, -0.05) is 12.1 Å². The molecule has 21 heavy (non-hydrogen) atoms. The second-order valence-corrected chi connectivity index (χ2v) is 5.15. The number of hydrogen-bond acceptors (Lipinski definition) is 1. The predicted molar refractivity (Wildman–Crippen MR) is 84.1 cm³/mol. The molecule has 0 saturated heterocycles. The maximum absolute atomic E-state index is 8.37. The lowest BCUT2D eigenvalue weighted by atomic mass is 10.00. The summed E-state index contributed by atoms with van der Waals surface area (Å²) in [5, 5.41) is 1.78. The lowest BCUT2D eigenvalue weighted by Crippen LogP contribution is -2.35. The Kier molecular flexibility index (Phi) is 2.86. The van der Waals surface area contributed by atoms with Crippen LogP contribution in [0.3, 0.4) is 0 Å². The predicted octanol–water partition coefficient (Wildman–Crippen LogP) is 3.89. The molecule has 0 saturated carbocycles. The highest BCUT2D eigenvalue weighted by molar-refractivity contribution is 5.95. The molecule has 3 rings (SSSR count). The van der Waals surface area contributed by atoms with E-state index in [4.69, 9.17) is 7.94 Å². The van der Waals surface area contributed by atoms with Crippen molar-refractivity contribution in [1.82, 2.24) is 4.98 Å². The van der Waals surface area contributed by atoms with Crippen LogP contribution in [0.25, 0.3) is 26.9 Å². The lowest BCUT2D eigenvalue weighted by Gasteiger charge is -2.09. The van der Waals surface area contributed by atoms with Gasteiger partial charge in [0.2, 0.25) is 5.69 Å². The van der Waals surface area contributed by atoms with Crippen LogP contribution in [0.1, 0.15) is 12.6 Å². The SMILES string of the molecule is [2H]c1c(C)[n+](C)c(-c2cnccc2C)c2ccc([N+]#[C-])cc12. The number of nitrogens with zero attached hydrogens (tertiary/aromatic N) is 3. The summed E-state index contributed by atoms with van der Waals surface area (Å²) in [6, 6.07) is 7.99. The first kappa shape index (κ1) is 12.0. The van der Waals surface area contributed by atoms with Crippen LogP contribution in [0, 0.1) is 20.4 Å². The third kappa shape index (κ3) is 2.15. The Hall–Kier alpha value is -2.73. The van der Waals surface area contributed by atoms with Gasteiger partial charge in [0, 0.05) is 25.4 Å². The number of pyridine rings is 2. The van der Waals surface area contributed by atoms with E-state index in [2.05, 4.69) is 16.8 Å². The summed E-state index contributed by atoms with van der Waals surface area (Å²) in [4.78, 5) is 7.73. The molecule has 0 aliphatic heterocycles. The molecule has 3 aromatic rings. The lowest BCUT2D eigenvalue weighted by molar-refractivity contribution is -0.665. The zero-order valence-electron chi connectivity index (χ0n) is 13.3. The van der Waals surface area contributed by atoms with Crippen molar-refractivity contribution in [1.29, 1.82) is 0 Å². The minimum absolute atomic E-state index is 0.466. The molecule has 2 aromatic heterocycles. The quantitative estimate of drug-likeness (QED) is 0.487. The van der Waals surface area contributed by atoms with E-state index < -0.39 is 0 Å². The molecule has 0 radical (unpaired) electrons. The van der Waals surface area contributed by atoms with E-state index in [1.807, 2.05) is 36.9 Å². The first-order valence-corrected chi connectivity index (χ1v) is 6.76. The van der Waals surface area contributed by atoms with Crippen LogP contribution in [-0.4, -0.2) is 4.98 Å². The third-order valence-electron chi connectivity index (χ3n) is 3.84. The Bertz CT molecular complexity index is 939. The van der Waals surface area contributed by atoms with Crippen LogP contribution >= 0.6 is 0 Å². The molecule has 102 valence electrons. The highest BCUT2D eigenvalue weighted by Gasteiger charge is 2.19. The summed E-state index contributed by atoms with van der Waals surface area (Å²) in [7, 11) is 1.97. The highest BCUT2D eigenvalue weighted by Crippen LogP contribution is 2.30. The van der Waals surface area contributed by atoms with Crippen molar-refractivity contribution in [3.05, 3.63) is 65.4 Å². The molecule has 0 bridgehead atoms. The molecule has 0 aliphatic carbocycles. The molecule has 0 aliphatic rings. The van der Waals surface area contributed by atoms with E-state index >= 15 is 0 Å². The van der Waals surface area contributed by atoms with Gasteiger partial charge < -0.3 is 0 Å². The van der Waals surface area contributed by atoms with E-state index in [0.29, 0.717) is 11.7 Å². The van der Waals surface area contributed by atoms with E-state index in [1.54, 1.807) is 18.3 Å². The molecule has 0 amide bonds. The number of rotatable bonds is 1. The van der Waals surface area contributed by atoms with Gasteiger partial charge in [0.15, 0.2) is 11.4 Å². The van der Waals surface area contributed by atoms with E-state index in [1.165, 1.54) is 0 Å². The zero-order valence-corrected chi connectivity index (χ0v) is 12.3. The smallest absolute Gasteiger partial charge is 0.222 e. The Morgan fingerprint density at radius 2 is 2.10 bits per heavy atom. The number of hydrogen-bond donors (Lipinski definition) is 0. The maximum Gasteiger partial charge on any atom is 0.222 e. The summed E-state index contributed by atoms with van der Waals surface area (Å²) in [5.74, 6) is 0. The van der Waals surface area contributed by atoms with Crippen molar-refractivity contribution in [3.8, 4) is 11.3 Å². The van der Waals surface area contributed by atoms with Gasteiger partial charge in [0.1, 0.15) is 7.05 Å². The summed E-state index contributed by atoms with van der Waals surface area (Å²) in [6.45, 7) is 11.2. The maximum atomic E-state index is 8.37. The zero-order chi connectivity index (χ0) is 15.9. The van der Waals surface area contributed by atoms with Crippen molar-refractivity contribution in [2.45, 2.75) is 13.8 Å². The van der Waals surface area contributed by atoms with Gasteiger partial charge in [-0.05, 0) is 30.0 Å². The Balaban J connectivity index is 2.50. The molecule has 0 atom stereocenters. The van der Waals surface area contributed by atoms with Crippen molar-refractivity contribution in [3.63, 3.8) is 0 Å². The molecule has 1 aromatic carbocycles. The number of benzene rings is 1. The van der Waals surface area contributed by atoms with Gasteiger partial charge in [-0.25, -0.2) is 4.85 Å². The van der Waals surface area contributed by atoms with Crippen LogP contribution in [0.15, 0.2) is 42.7 Å². The van der Waals surface area contributed by atoms with Gasteiger partial charge in [0.25, 0.3) is 0 Å². The van der Waals surface area contributed by atoms with Gasteiger partial charge in [0.05, 0.1) is 18.9 Å². The summed E-state index contributed by atoms with van der Waals surface area (Å²) < 4.78 is 10.4. The largest absolute Gasteiger partial charge is 0.264 e. The number of aromatic nitrogens is 2. The van der Waals surface area contributed by atoms with Gasteiger partial charge in [-0.2, -0.15) is 4.57 Å². The summed E-state index contributed by atoms with van der Waals surface area (Å²) in [5.41, 5.74) is 4.65. The van der Waals surface area contributed by atoms with E-state index in [0.717, 1.165) is 33.3 Å². The topological polar surface area (TPSA) is 21.1 Å². The van der Waals surface area contributed by atoms with Crippen LogP contribution in [0.2, 0.25) is 0 Å². The van der Waals surface area contributed by atoms with Crippen LogP contribution < -0.4 is 4.57 Å². The normalized spacial score (nSPS) is 11.2. The van der Waals surface area contributed by atoms with Gasteiger partial charge in [-0.3, -0.25) is 4.98 Å². The Labute approximate surface area is 125 Å². The van der Waals surface area contributed by atoms with Gasteiger partial charge in [-0.15, -0.1) is 0 Å². The van der Waals surface area contributed by atoms with Crippen LogP contribution in [0.4, 0.5) is 5.69 Å². The average molecular weight is 275 g/mol. The van der Waals surface area contributed by atoms with Crippen LogP contribution in [-0.2, 0) is 7.05 Å². The molecular formula is C18H16N3+. The first-order valence-electron chi connectivity index (χ1n) is 7.26. The second-order valence-electron chi connectivity index (χ2n) is 5.15. The molecular weight excluding hydrogens is 258 g/mol. The van der Waals surface area contributed by atoms with Crippen molar-refractivity contribution < 1.29 is 5.94 Å². The number of fused-ring (bicyclic) bond motifs is 1. The average Bonchev–Trinajstić information content (AvgIpc) is 2.54. The molecule has 0 spiro atoms. The minimum atomic E-state index is 0.466. The summed E-state index contributed by atoms with van der Waals surface area (Å²) >= 11 is 0. The fourth-order valence-electron chi connectivity index (χ4n) is 2.58. The van der Waals surface area contributed by atoms with Crippen LogP contribution in [0.5, 0.6) is 0 Å². The molecule has 3 heteroatoms. The second kappa shape index (κ2) is 4.99. The summed E-state index contributed by atoms with van der Waals surface area (Å²) in [6.07, 6.45) is 3.64. The van der Waals surface area contributed by atoms with Crippen molar-refractivity contribution in [2.24, 2.45) is 7.05 Å². The van der Waals surface area contributed by atoms with Crippen molar-refractivity contribution >= 4 is 16.5 Å². The van der Waals surface area contributed by atoms with E-state index in [9.17, 15) is 0 Å². The van der Waals surface area contributed by atoms with Crippen molar-refractivity contribution in [2.75, 3.05) is 0 Å². The molecule has 0 N–H and O–H groups in total. The Morgan fingerprint density at radius 1 is 1.29 bits per heavy atom. The fourth-order valence-corrected chi connectivity index (χ4v) is 2.58. The first-order chi connectivity index (χ1) is 10.5. The fraction of sp³-hybridized carbons (Fsp3) is 0.167. The molecule has 2 heterocycles. The number of aryl methyl sites for hydroxylation is 1. The minimum Gasteiger partial charge on any atom is -0.264 e. The molecule has 0 unspecified atom stereocenters. The van der Waals surface area contributed by atoms with Gasteiger partial charge >= 0.3 is 0 Å². The Morgan fingerprint density at radius 3 is 2.81 bits per heavy atom. The van der Waals surface area contributed by atoms with E-state index in [-0.39, 0.29) is 0 Å². The monoisotopic (exact) mass is 275 g/mol. The molecule has 0 fully saturated rings. The third-order valence-corrected chi connectivity index (χ3v) is 3.84.